The van der Waals surface area contributed by atoms with Gasteiger partial charge in [-0.05, 0) is 35.4 Å². The van der Waals surface area contributed by atoms with Crippen LogP contribution in [-0.4, -0.2) is 25.2 Å². The van der Waals surface area contributed by atoms with Crippen LogP contribution in [0, 0.1) is 0 Å². The summed E-state index contributed by atoms with van der Waals surface area (Å²) in [5.74, 6) is -0.608. The Labute approximate surface area is 196 Å². The van der Waals surface area contributed by atoms with Gasteiger partial charge in [-0.3, -0.25) is 0 Å². The Kier molecular flexibility index (Phi) is 8.41. The molecule has 0 saturated heterocycles. The van der Waals surface area contributed by atoms with E-state index in [0.29, 0.717) is 10.7 Å². The average Bonchev–Trinajstić information content (AvgIpc) is 2.82. The van der Waals surface area contributed by atoms with Crippen LogP contribution in [0.4, 0.5) is 10.5 Å². The molecule has 1 amide bonds. The van der Waals surface area contributed by atoms with E-state index in [0.717, 1.165) is 16.0 Å². The van der Waals surface area contributed by atoms with Crippen LogP contribution in [0.1, 0.15) is 16.4 Å². The second kappa shape index (κ2) is 11.5. The average molecular weight is 471 g/mol. The molecule has 2 atom stereocenters. The Morgan fingerprint density at radius 3 is 2.31 bits per heavy atom. The van der Waals surface area contributed by atoms with Gasteiger partial charge in [0, 0.05) is 15.6 Å². The van der Waals surface area contributed by atoms with Crippen molar-refractivity contribution in [2.75, 3.05) is 12.8 Å². The Morgan fingerprint density at radius 1 is 1.00 bits per heavy atom. The number of thioether (sulfide) groups is 1. The first kappa shape index (κ1) is 23.5. The lowest BCUT2D eigenvalue weighted by atomic mass is 10.1. The first-order valence-corrected chi connectivity index (χ1v) is 11.1. The number of ether oxygens (including phenoxy) is 2. The molecule has 32 heavy (non-hydrogen) atoms. The highest BCUT2D eigenvalue weighted by Crippen LogP contribution is 2.41. The van der Waals surface area contributed by atoms with Gasteiger partial charge in [0.2, 0.25) is 0 Å². The number of hydrogen-bond acceptors (Lipinski definition) is 6. The molecule has 0 bridgehead atoms. The van der Waals surface area contributed by atoms with Crippen molar-refractivity contribution in [2.24, 2.45) is 0 Å². The molecule has 0 radical (unpaired) electrons. The minimum absolute atomic E-state index is 0.0744. The van der Waals surface area contributed by atoms with E-state index in [2.05, 4.69) is 5.32 Å². The molecule has 0 aliphatic rings. The lowest BCUT2D eigenvalue weighted by Gasteiger charge is -2.26. The van der Waals surface area contributed by atoms with Crippen LogP contribution in [0.25, 0.3) is 0 Å². The summed E-state index contributed by atoms with van der Waals surface area (Å²) in [6, 6.07) is 22.6. The van der Waals surface area contributed by atoms with Crippen LogP contribution < -0.4 is 11.1 Å². The molecule has 0 aromatic heterocycles. The minimum atomic E-state index is -1.03. The van der Waals surface area contributed by atoms with E-state index in [1.54, 1.807) is 30.3 Å². The Morgan fingerprint density at radius 2 is 1.66 bits per heavy atom. The summed E-state index contributed by atoms with van der Waals surface area (Å²) in [7, 11) is 1.27. The highest BCUT2D eigenvalue weighted by atomic mass is 35.5. The van der Waals surface area contributed by atoms with Gasteiger partial charge in [-0.15, -0.1) is 11.8 Å². The van der Waals surface area contributed by atoms with E-state index in [1.807, 2.05) is 48.5 Å². The molecule has 0 heterocycles. The number of hydrogen-bond donors (Lipinski definition) is 2. The zero-order valence-electron chi connectivity index (χ0n) is 17.4. The van der Waals surface area contributed by atoms with Gasteiger partial charge < -0.3 is 20.5 Å². The number of nitrogen functional groups attached to an aromatic ring is 1. The monoisotopic (exact) mass is 470 g/mol. The predicted molar refractivity (Wildman–Crippen MR) is 126 cm³/mol. The number of amides is 1. The molecule has 3 aromatic rings. The van der Waals surface area contributed by atoms with E-state index >= 15 is 0 Å². The number of esters is 1. The van der Waals surface area contributed by atoms with E-state index in [1.165, 1.54) is 18.9 Å². The third kappa shape index (κ3) is 6.42. The third-order valence-electron chi connectivity index (χ3n) is 4.62. The first-order valence-electron chi connectivity index (χ1n) is 9.79. The Bertz CT molecular complexity index is 1050. The maximum atomic E-state index is 12.7. The smallest absolute Gasteiger partial charge is 0.408 e. The SMILES string of the molecule is COC(=O)[C@@H](NC(=O)OCc1ccccc1)C(Sc1ccccc1N)c1ccc(Cl)cc1. The molecule has 0 fully saturated rings. The molecule has 1 unspecified atom stereocenters. The first-order chi connectivity index (χ1) is 15.5. The second-order valence-corrected chi connectivity index (χ2v) is 8.45. The zero-order valence-corrected chi connectivity index (χ0v) is 18.9. The molecular formula is C24H23ClN2O4S. The van der Waals surface area contributed by atoms with Crippen LogP contribution in [0.5, 0.6) is 0 Å². The van der Waals surface area contributed by atoms with Gasteiger partial charge in [-0.25, -0.2) is 9.59 Å². The van der Waals surface area contributed by atoms with Crippen molar-refractivity contribution >= 4 is 41.1 Å². The number of halogens is 1. The summed E-state index contributed by atoms with van der Waals surface area (Å²) in [5.41, 5.74) is 8.28. The fourth-order valence-electron chi connectivity index (χ4n) is 2.98. The summed E-state index contributed by atoms with van der Waals surface area (Å²) < 4.78 is 10.3. The highest BCUT2D eigenvalue weighted by molar-refractivity contribution is 7.99. The molecule has 0 spiro atoms. The minimum Gasteiger partial charge on any atom is -0.467 e. The number of carbonyl (C=O) groups is 2. The maximum Gasteiger partial charge on any atom is 0.408 e. The molecule has 0 saturated carbocycles. The van der Waals surface area contributed by atoms with Crippen molar-refractivity contribution in [3.8, 4) is 0 Å². The molecule has 3 N–H and O–H groups in total. The molecular weight excluding hydrogens is 448 g/mol. The number of para-hydroxylation sites is 1. The van der Waals surface area contributed by atoms with Crippen molar-refractivity contribution in [3.05, 3.63) is 95.0 Å². The fraction of sp³-hybridized carbons (Fsp3) is 0.167. The summed E-state index contributed by atoms with van der Waals surface area (Å²) in [4.78, 5) is 26.0. The van der Waals surface area contributed by atoms with Crippen LogP contribution in [0.2, 0.25) is 5.02 Å². The van der Waals surface area contributed by atoms with Gasteiger partial charge in [-0.1, -0.05) is 66.2 Å². The number of nitrogens with one attached hydrogen (secondary N) is 1. The van der Waals surface area contributed by atoms with Crippen LogP contribution >= 0.6 is 23.4 Å². The summed E-state index contributed by atoms with van der Waals surface area (Å²) in [6.45, 7) is 0.0744. The Hall–Kier alpha value is -3.16. The lowest BCUT2D eigenvalue weighted by Crippen LogP contribution is -2.45. The molecule has 0 aliphatic heterocycles. The van der Waals surface area contributed by atoms with Gasteiger partial charge in [0.05, 0.1) is 12.4 Å². The van der Waals surface area contributed by atoms with Crippen LogP contribution in [-0.2, 0) is 20.9 Å². The number of carbonyl (C=O) groups excluding carboxylic acids is 2. The number of anilines is 1. The summed E-state index contributed by atoms with van der Waals surface area (Å²) in [6.07, 6.45) is -0.732. The van der Waals surface area contributed by atoms with Gasteiger partial charge in [0.25, 0.3) is 0 Å². The molecule has 6 nitrogen and oxygen atoms in total. The van der Waals surface area contributed by atoms with Crippen molar-refractivity contribution in [3.63, 3.8) is 0 Å². The normalized spacial score (nSPS) is 12.4. The standard InChI is InChI=1S/C24H23ClN2O4S/c1-30-23(28)21(27-24(29)31-15-16-7-3-2-4-8-16)22(17-11-13-18(25)14-12-17)32-20-10-6-5-9-19(20)26/h2-14,21-22H,15,26H2,1H3,(H,27,29)/t21-,22?/m0/s1. The van der Waals surface area contributed by atoms with Gasteiger partial charge in [0.15, 0.2) is 0 Å². The fourth-order valence-corrected chi connectivity index (χ4v) is 4.35. The molecule has 3 rings (SSSR count). The Balaban J connectivity index is 1.86. The molecule has 3 aromatic carbocycles. The highest BCUT2D eigenvalue weighted by Gasteiger charge is 2.34. The van der Waals surface area contributed by atoms with Gasteiger partial charge >= 0.3 is 12.1 Å². The van der Waals surface area contributed by atoms with E-state index < -0.39 is 23.4 Å². The van der Waals surface area contributed by atoms with Gasteiger partial charge in [0.1, 0.15) is 12.6 Å². The maximum absolute atomic E-state index is 12.7. The van der Waals surface area contributed by atoms with Crippen molar-refractivity contribution in [2.45, 2.75) is 22.8 Å². The van der Waals surface area contributed by atoms with Crippen molar-refractivity contribution in [1.29, 1.82) is 0 Å². The van der Waals surface area contributed by atoms with Crippen LogP contribution in [0.3, 0.4) is 0 Å². The topological polar surface area (TPSA) is 90.6 Å². The third-order valence-corrected chi connectivity index (χ3v) is 6.29. The van der Waals surface area contributed by atoms with E-state index in [-0.39, 0.29) is 6.61 Å². The van der Waals surface area contributed by atoms with Crippen molar-refractivity contribution in [1.82, 2.24) is 5.32 Å². The molecule has 8 heteroatoms. The molecule has 0 aliphatic carbocycles. The zero-order chi connectivity index (χ0) is 22.9. The summed E-state index contributed by atoms with van der Waals surface area (Å²) >= 11 is 7.39. The second-order valence-electron chi connectivity index (χ2n) is 6.83. The number of rotatable bonds is 8. The number of nitrogens with two attached hydrogens (primary N) is 1. The predicted octanol–water partition coefficient (Wildman–Crippen LogP) is 5.22. The van der Waals surface area contributed by atoms with E-state index in [4.69, 9.17) is 26.8 Å². The lowest BCUT2D eigenvalue weighted by molar-refractivity contribution is -0.143. The van der Waals surface area contributed by atoms with Crippen molar-refractivity contribution < 1.29 is 19.1 Å². The largest absolute Gasteiger partial charge is 0.467 e. The number of methoxy groups -OCH3 is 1. The summed E-state index contributed by atoms with van der Waals surface area (Å²) in [5, 5.41) is 2.67. The quantitative estimate of drug-likeness (QED) is 0.266. The number of alkyl carbamates (subject to hydrolysis) is 1. The molecule has 166 valence electrons. The van der Waals surface area contributed by atoms with E-state index in [9.17, 15) is 9.59 Å². The van der Waals surface area contributed by atoms with Gasteiger partial charge in [-0.2, -0.15) is 0 Å². The van der Waals surface area contributed by atoms with Crippen LogP contribution in [0.15, 0.2) is 83.8 Å². The number of benzene rings is 3.